The molecule has 188 valence electrons. The van der Waals surface area contributed by atoms with Crippen LogP contribution in [0.1, 0.15) is 34.3 Å². The largest absolute Gasteiger partial charge is 0.497 e. The summed E-state index contributed by atoms with van der Waals surface area (Å²) in [5.74, 6) is 0.748. The zero-order chi connectivity index (χ0) is 25.9. The van der Waals surface area contributed by atoms with Crippen molar-refractivity contribution in [1.29, 1.82) is 0 Å². The fourth-order valence-electron chi connectivity index (χ4n) is 4.21. The molecule has 0 aliphatic heterocycles. The molecule has 0 radical (unpaired) electrons. The second kappa shape index (κ2) is 10.3. The van der Waals surface area contributed by atoms with E-state index in [1.165, 1.54) is 0 Å². The number of hydrogen-bond donors (Lipinski definition) is 1. The molecule has 0 bridgehead atoms. The number of carbonyl (C=O) groups excluding carboxylic acids is 2. The zero-order valence-corrected chi connectivity index (χ0v) is 21.3. The van der Waals surface area contributed by atoms with E-state index < -0.39 is 0 Å². The number of aryl methyl sites for hydroxylation is 2. The Kier molecular flexibility index (Phi) is 6.77. The second-order valence-corrected chi connectivity index (χ2v) is 9.46. The summed E-state index contributed by atoms with van der Waals surface area (Å²) in [5, 5.41) is 2.96. The normalized spacial score (nSPS) is 12.7. The number of imidazole rings is 1. The summed E-state index contributed by atoms with van der Waals surface area (Å²) in [6.07, 6.45) is 3.72. The highest BCUT2D eigenvalue weighted by molar-refractivity contribution is 5.99. The molecule has 1 aliphatic carbocycles. The number of hydrogen-bond acceptors (Lipinski definition) is 4. The van der Waals surface area contributed by atoms with Gasteiger partial charge in [-0.3, -0.25) is 19.5 Å². The van der Waals surface area contributed by atoms with E-state index in [0.29, 0.717) is 17.2 Å². The lowest BCUT2D eigenvalue weighted by Crippen LogP contribution is -2.39. The minimum absolute atomic E-state index is 0.0317. The SMILES string of the molecule is COc1ccc(-c2cn(-c3ccc(C)cc3)c(NC(=O)CN(C(=O)c3ccc(C)cc3)C3CC3)n2)cc1. The van der Waals surface area contributed by atoms with Crippen LogP contribution in [0, 0.1) is 13.8 Å². The Morgan fingerprint density at radius 3 is 2.16 bits per heavy atom. The smallest absolute Gasteiger partial charge is 0.254 e. The number of benzene rings is 3. The van der Waals surface area contributed by atoms with Crippen LogP contribution in [-0.4, -0.2) is 46.0 Å². The third-order valence-electron chi connectivity index (χ3n) is 6.52. The van der Waals surface area contributed by atoms with Crippen LogP contribution in [0.4, 0.5) is 5.95 Å². The summed E-state index contributed by atoms with van der Waals surface area (Å²) in [6.45, 7) is 3.98. The average molecular weight is 495 g/mol. The van der Waals surface area contributed by atoms with Crippen molar-refractivity contribution in [1.82, 2.24) is 14.5 Å². The van der Waals surface area contributed by atoms with Crippen LogP contribution >= 0.6 is 0 Å². The van der Waals surface area contributed by atoms with Crippen molar-refractivity contribution >= 4 is 17.8 Å². The van der Waals surface area contributed by atoms with Crippen LogP contribution in [-0.2, 0) is 4.79 Å². The summed E-state index contributed by atoms with van der Waals surface area (Å²) in [5.41, 5.74) is 5.31. The quantitative estimate of drug-likeness (QED) is 0.355. The molecule has 0 unspecified atom stereocenters. The van der Waals surface area contributed by atoms with Gasteiger partial charge in [0.1, 0.15) is 12.3 Å². The van der Waals surface area contributed by atoms with Crippen molar-refractivity contribution < 1.29 is 14.3 Å². The van der Waals surface area contributed by atoms with Crippen LogP contribution in [0.3, 0.4) is 0 Å². The Hall–Kier alpha value is -4.39. The predicted molar refractivity (Wildman–Crippen MR) is 144 cm³/mol. The fourth-order valence-corrected chi connectivity index (χ4v) is 4.21. The maximum absolute atomic E-state index is 13.2. The number of anilines is 1. The van der Waals surface area contributed by atoms with Gasteiger partial charge in [0.05, 0.1) is 12.8 Å². The first-order chi connectivity index (χ1) is 17.9. The first kappa shape index (κ1) is 24.3. The van der Waals surface area contributed by atoms with Crippen molar-refractivity contribution in [3.05, 3.63) is 95.7 Å². The molecule has 3 aromatic carbocycles. The van der Waals surface area contributed by atoms with E-state index in [0.717, 1.165) is 41.0 Å². The highest BCUT2D eigenvalue weighted by Crippen LogP contribution is 2.29. The van der Waals surface area contributed by atoms with Gasteiger partial charge in [-0.05, 0) is 75.2 Å². The Balaban J connectivity index is 1.41. The maximum atomic E-state index is 13.2. The summed E-state index contributed by atoms with van der Waals surface area (Å²) < 4.78 is 7.13. The first-order valence-corrected chi connectivity index (χ1v) is 12.4. The molecule has 1 N–H and O–H groups in total. The molecule has 1 fully saturated rings. The standard InChI is InChI=1S/C30H30N4O3/c1-20-4-8-23(9-5-20)29(36)33(24-14-15-24)19-28(35)32-30-31-27(22-10-16-26(37-3)17-11-22)18-34(30)25-12-6-21(2)7-13-25/h4-13,16-18,24H,14-15,19H2,1-3H3,(H,31,32,35). The molecule has 0 atom stereocenters. The Bertz CT molecular complexity index is 1400. The zero-order valence-electron chi connectivity index (χ0n) is 21.3. The van der Waals surface area contributed by atoms with Gasteiger partial charge in [0, 0.05) is 29.1 Å². The summed E-state index contributed by atoms with van der Waals surface area (Å²) in [7, 11) is 1.63. The van der Waals surface area contributed by atoms with E-state index in [2.05, 4.69) is 5.32 Å². The van der Waals surface area contributed by atoms with Gasteiger partial charge in [-0.1, -0.05) is 35.4 Å². The molecule has 5 rings (SSSR count). The van der Waals surface area contributed by atoms with Crippen molar-refractivity contribution in [2.24, 2.45) is 0 Å². The molecule has 1 saturated carbocycles. The van der Waals surface area contributed by atoms with E-state index in [-0.39, 0.29) is 24.4 Å². The number of rotatable bonds is 8. The highest BCUT2D eigenvalue weighted by atomic mass is 16.5. The molecule has 1 aliphatic rings. The van der Waals surface area contributed by atoms with Crippen molar-refractivity contribution in [2.75, 3.05) is 19.0 Å². The molecule has 7 nitrogen and oxygen atoms in total. The van der Waals surface area contributed by atoms with Crippen LogP contribution in [0.5, 0.6) is 5.75 Å². The van der Waals surface area contributed by atoms with Gasteiger partial charge >= 0.3 is 0 Å². The van der Waals surface area contributed by atoms with Crippen LogP contribution in [0.25, 0.3) is 16.9 Å². The maximum Gasteiger partial charge on any atom is 0.254 e. The summed E-state index contributed by atoms with van der Waals surface area (Å²) in [6, 6.07) is 23.2. The monoisotopic (exact) mass is 494 g/mol. The topological polar surface area (TPSA) is 76.5 Å². The molecule has 37 heavy (non-hydrogen) atoms. The van der Waals surface area contributed by atoms with E-state index >= 15 is 0 Å². The van der Waals surface area contributed by atoms with Gasteiger partial charge in [0.15, 0.2) is 0 Å². The Morgan fingerprint density at radius 1 is 0.946 bits per heavy atom. The number of aromatic nitrogens is 2. The van der Waals surface area contributed by atoms with E-state index in [4.69, 9.17) is 9.72 Å². The first-order valence-electron chi connectivity index (χ1n) is 12.4. The number of nitrogens with one attached hydrogen (secondary N) is 1. The van der Waals surface area contributed by atoms with E-state index in [9.17, 15) is 9.59 Å². The van der Waals surface area contributed by atoms with Gasteiger partial charge in [-0.15, -0.1) is 0 Å². The third-order valence-corrected chi connectivity index (χ3v) is 6.52. The number of methoxy groups -OCH3 is 1. The lowest BCUT2D eigenvalue weighted by molar-refractivity contribution is -0.117. The van der Waals surface area contributed by atoms with E-state index in [1.54, 1.807) is 12.0 Å². The molecule has 1 heterocycles. The minimum atomic E-state index is -0.285. The van der Waals surface area contributed by atoms with Crippen molar-refractivity contribution in [3.63, 3.8) is 0 Å². The van der Waals surface area contributed by atoms with Gasteiger partial charge in [-0.2, -0.15) is 0 Å². The third kappa shape index (κ3) is 5.56. The van der Waals surface area contributed by atoms with Crippen LogP contribution in [0.2, 0.25) is 0 Å². The van der Waals surface area contributed by atoms with Crippen LogP contribution in [0.15, 0.2) is 79.0 Å². The van der Waals surface area contributed by atoms with Gasteiger partial charge in [0.2, 0.25) is 11.9 Å². The van der Waals surface area contributed by atoms with Crippen molar-refractivity contribution in [3.8, 4) is 22.7 Å². The second-order valence-electron chi connectivity index (χ2n) is 9.46. The highest BCUT2D eigenvalue weighted by Gasteiger charge is 2.34. The Labute approximate surface area is 216 Å². The molecule has 0 saturated heterocycles. The lowest BCUT2D eigenvalue weighted by atomic mass is 10.1. The molecular formula is C30H30N4O3. The van der Waals surface area contributed by atoms with Crippen molar-refractivity contribution in [2.45, 2.75) is 32.7 Å². The number of carbonyl (C=O) groups is 2. The molecule has 0 spiro atoms. The Morgan fingerprint density at radius 2 is 1.57 bits per heavy atom. The van der Waals surface area contributed by atoms with Gasteiger partial charge in [0.25, 0.3) is 5.91 Å². The summed E-state index contributed by atoms with van der Waals surface area (Å²) >= 11 is 0. The molecule has 1 aromatic heterocycles. The molecule has 7 heteroatoms. The predicted octanol–water partition coefficient (Wildman–Crippen LogP) is 5.41. The van der Waals surface area contributed by atoms with Crippen LogP contribution < -0.4 is 10.1 Å². The number of amides is 2. The molecule has 2 amide bonds. The average Bonchev–Trinajstić information content (AvgIpc) is 3.67. The lowest BCUT2D eigenvalue weighted by Gasteiger charge is -2.22. The fraction of sp³-hybridized carbons (Fsp3) is 0.233. The summed E-state index contributed by atoms with van der Waals surface area (Å²) in [4.78, 5) is 32.9. The molecular weight excluding hydrogens is 464 g/mol. The number of nitrogens with zero attached hydrogens (tertiary/aromatic N) is 3. The van der Waals surface area contributed by atoms with Gasteiger partial charge in [-0.25, -0.2) is 4.98 Å². The number of ether oxygens (including phenoxy) is 1. The minimum Gasteiger partial charge on any atom is -0.497 e. The van der Waals surface area contributed by atoms with Gasteiger partial charge < -0.3 is 9.64 Å². The van der Waals surface area contributed by atoms with E-state index in [1.807, 2.05) is 97.4 Å². The molecule has 4 aromatic rings.